The molecule has 9 nitrogen and oxygen atoms in total. The van der Waals surface area contributed by atoms with Gasteiger partial charge in [0.05, 0.1) is 22.5 Å². The van der Waals surface area contributed by atoms with Crippen molar-refractivity contribution in [3.63, 3.8) is 0 Å². The summed E-state index contributed by atoms with van der Waals surface area (Å²) >= 11 is 0. The predicted octanol–water partition coefficient (Wildman–Crippen LogP) is 4.95. The van der Waals surface area contributed by atoms with Crippen LogP contribution in [0.25, 0.3) is 5.57 Å². The van der Waals surface area contributed by atoms with Crippen LogP contribution in [0.4, 0.5) is 33.7 Å². The van der Waals surface area contributed by atoms with E-state index in [1.807, 2.05) is 25.8 Å². The highest BCUT2D eigenvalue weighted by atomic mass is 19.4. The molecular weight excluding hydrogens is 558 g/mol. The third kappa shape index (κ3) is 6.77. The zero-order chi connectivity index (χ0) is 31.1. The molecule has 1 fully saturated rings. The minimum atomic E-state index is -4.96. The van der Waals surface area contributed by atoms with Gasteiger partial charge in [0.15, 0.2) is 0 Å². The molecule has 13 heteroatoms. The standard InChI is InChI=1S/C29H35F4N5O4/c1-16-13-38(14-17(2)36(16)6)24-11-22(30)19(18-7-8-37(15-18)27(41)42-28(3,4)5)9-23(24)35-26(40)20-12-34-25(39)10-21(20)29(31,32)33/h7,9-12,16-17H,8,13-15H2,1-6H3,(H,34,39)(H,35,40). The van der Waals surface area contributed by atoms with Crippen molar-refractivity contribution in [1.82, 2.24) is 14.8 Å². The van der Waals surface area contributed by atoms with E-state index in [-0.39, 0.29) is 36.4 Å². The summed E-state index contributed by atoms with van der Waals surface area (Å²) in [6, 6.07) is 3.08. The lowest BCUT2D eigenvalue weighted by Gasteiger charge is -2.44. The van der Waals surface area contributed by atoms with Crippen LogP contribution >= 0.6 is 0 Å². The maximum absolute atomic E-state index is 15.7. The van der Waals surface area contributed by atoms with Crippen LogP contribution in [0.5, 0.6) is 0 Å². The first-order valence-electron chi connectivity index (χ1n) is 13.5. The Hall–Kier alpha value is -3.87. The number of nitrogens with zero attached hydrogens (tertiary/aromatic N) is 3. The highest BCUT2D eigenvalue weighted by Crippen LogP contribution is 2.37. The van der Waals surface area contributed by atoms with Crippen molar-refractivity contribution in [2.45, 2.75) is 58.5 Å². The van der Waals surface area contributed by atoms with E-state index < -0.39 is 46.3 Å². The molecule has 0 saturated carbocycles. The van der Waals surface area contributed by atoms with Gasteiger partial charge in [-0.25, -0.2) is 9.18 Å². The molecule has 1 aromatic heterocycles. The molecular formula is C29H35F4N5O4. The molecule has 42 heavy (non-hydrogen) atoms. The average molecular weight is 594 g/mol. The molecule has 2 aromatic rings. The number of benzene rings is 1. The number of amides is 2. The molecule has 0 aliphatic carbocycles. The van der Waals surface area contributed by atoms with Gasteiger partial charge >= 0.3 is 12.3 Å². The van der Waals surface area contributed by atoms with E-state index in [0.29, 0.717) is 36.6 Å². The van der Waals surface area contributed by atoms with Crippen molar-refractivity contribution in [3.05, 3.63) is 63.3 Å². The molecule has 2 N–H and O–H groups in total. The number of alkyl halides is 3. The maximum Gasteiger partial charge on any atom is 0.417 e. The summed E-state index contributed by atoms with van der Waals surface area (Å²) in [5, 5.41) is 2.54. The van der Waals surface area contributed by atoms with Gasteiger partial charge in [-0.3, -0.25) is 14.5 Å². The number of aromatic amines is 1. The number of likely N-dealkylation sites (N-methyl/N-ethyl adjacent to an activating group) is 1. The highest BCUT2D eigenvalue weighted by Gasteiger charge is 2.37. The Morgan fingerprint density at radius 2 is 1.71 bits per heavy atom. The second-order valence-electron chi connectivity index (χ2n) is 11.8. The number of ether oxygens (including phenoxy) is 1. The Kier molecular flexibility index (Phi) is 8.45. The van der Waals surface area contributed by atoms with Crippen molar-refractivity contribution in [2.24, 2.45) is 0 Å². The third-order valence-corrected chi connectivity index (χ3v) is 7.43. The summed E-state index contributed by atoms with van der Waals surface area (Å²) in [5.41, 5.74) is -2.96. The Balaban J connectivity index is 1.73. The smallest absolute Gasteiger partial charge is 0.417 e. The minimum Gasteiger partial charge on any atom is -0.444 e. The molecule has 0 radical (unpaired) electrons. The van der Waals surface area contributed by atoms with Crippen LogP contribution in [-0.2, 0) is 10.9 Å². The van der Waals surface area contributed by atoms with E-state index in [1.54, 1.807) is 26.8 Å². The van der Waals surface area contributed by atoms with Crippen LogP contribution < -0.4 is 15.8 Å². The highest BCUT2D eigenvalue weighted by molar-refractivity contribution is 6.07. The zero-order valence-electron chi connectivity index (χ0n) is 24.4. The number of carbonyl (C=O) groups excluding carboxylic acids is 2. The summed E-state index contributed by atoms with van der Waals surface area (Å²) in [4.78, 5) is 45.0. The fourth-order valence-corrected chi connectivity index (χ4v) is 5.07. The van der Waals surface area contributed by atoms with Crippen LogP contribution in [0.3, 0.4) is 0 Å². The average Bonchev–Trinajstić information content (AvgIpc) is 3.36. The molecule has 0 bridgehead atoms. The van der Waals surface area contributed by atoms with E-state index in [2.05, 4.69) is 15.2 Å². The van der Waals surface area contributed by atoms with Gasteiger partial charge < -0.3 is 24.8 Å². The molecule has 2 aliphatic rings. The molecule has 2 unspecified atom stereocenters. The van der Waals surface area contributed by atoms with Crippen LogP contribution in [-0.4, -0.2) is 77.7 Å². The van der Waals surface area contributed by atoms with E-state index in [4.69, 9.17) is 4.74 Å². The number of nitrogens with one attached hydrogen (secondary N) is 2. The normalized spacial score (nSPS) is 20.0. The molecule has 2 atom stereocenters. The largest absolute Gasteiger partial charge is 0.444 e. The lowest BCUT2D eigenvalue weighted by atomic mass is 10.0. The molecule has 4 rings (SSSR count). The number of piperazine rings is 1. The van der Waals surface area contributed by atoms with Gasteiger partial charge in [0.1, 0.15) is 11.4 Å². The summed E-state index contributed by atoms with van der Waals surface area (Å²) in [6.07, 6.45) is -3.16. The Bertz CT molecular complexity index is 1450. The summed E-state index contributed by atoms with van der Waals surface area (Å²) < 4.78 is 62.2. The van der Waals surface area contributed by atoms with Gasteiger partial charge in [-0.2, -0.15) is 13.2 Å². The number of rotatable bonds is 4. The van der Waals surface area contributed by atoms with Crippen molar-refractivity contribution in [1.29, 1.82) is 0 Å². The number of carbonyl (C=O) groups is 2. The second-order valence-corrected chi connectivity index (χ2v) is 11.8. The predicted molar refractivity (Wildman–Crippen MR) is 151 cm³/mol. The van der Waals surface area contributed by atoms with E-state index in [0.717, 1.165) is 0 Å². The Morgan fingerprint density at radius 3 is 2.31 bits per heavy atom. The van der Waals surface area contributed by atoms with E-state index in [1.165, 1.54) is 17.0 Å². The Morgan fingerprint density at radius 1 is 1.07 bits per heavy atom. The van der Waals surface area contributed by atoms with E-state index in [9.17, 15) is 27.6 Å². The molecule has 2 amide bonds. The first kappa shape index (κ1) is 31.1. The molecule has 1 aromatic carbocycles. The summed E-state index contributed by atoms with van der Waals surface area (Å²) in [7, 11) is 1.97. The van der Waals surface area contributed by atoms with Crippen LogP contribution in [0.1, 0.15) is 56.1 Å². The van der Waals surface area contributed by atoms with Crippen LogP contribution in [0, 0.1) is 5.82 Å². The number of halogens is 4. The van der Waals surface area contributed by atoms with Crippen LogP contribution in [0.15, 0.2) is 35.3 Å². The molecule has 1 saturated heterocycles. The number of H-pyrrole nitrogens is 1. The quantitative estimate of drug-likeness (QED) is 0.487. The van der Waals surface area contributed by atoms with Crippen LogP contribution in [0.2, 0.25) is 0 Å². The maximum atomic E-state index is 15.7. The van der Waals surface area contributed by atoms with Crippen molar-refractivity contribution in [2.75, 3.05) is 43.4 Å². The number of pyridine rings is 1. The first-order chi connectivity index (χ1) is 19.4. The van der Waals surface area contributed by atoms with Gasteiger partial charge in [-0.1, -0.05) is 6.08 Å². The topological polar surface area (TPSA) is 98.0 Å². The fourth-order valence-electron chi connectivity index (χ4n) is 5.07. The third-order valence-electron chi connectivity index (χ3n) is 7.43. The summed E-state index contributed by atoms with van der Waals surface area (Å²) in [5.74, 6) is -1.73. The number of hydrogen-bond acceptors (Lipinski definition) is 6. The number of aromatic nitrogens is 1. The molecule has 0 spiro atoms. The second kappa shape index (κ2) is 11.4. The number of hydrogen-bond donors (Lipinski definition) is 2. The van der Waals surface area contributed by atoms with Gasteiger partial charge in [-0.05, 0) is 59.4 Å². The minimum absolute atomic E-state index is 0.0410. The van der Waals surface area contributed by atoms with Gasteiger partial charge in [0, 0.05) is 56.1 Å². The Labute approximate surface area is 241 Å². The fraction of sp³-hybridized carbons (Fsp3) is 0.483. The molecule has 2 aliphatic heterocycles. The van der Waals surface area contributed by atoms with Crippen molar-refractivity contribution < 1.29 is 31.9 Å². The first-order valence-corrected chi connectivity index (χ1v) is 13.5. The monoisotopic (exact) mass is 593 g/mol. The van der Waals surface area contributed by atoms with Crippen molar-refractivity contribution >= 4 is 28.9 Å². The molecule has 3 heterocycles. The summed E-state index contributed by atoms with van der Waals surface area (Å²) in [6.45, 7) is 10.4. The zero-order valence-corrected chi connectivity index (χ0v) is 24.4. The van der Waals surface area contributed by atoms with Gasteiger partial charge in [0.25, 0.3) is 5.91 Å². The van der Waals surface area contributed by atoms with Gasteiger partial charge in [0.2, 0.25) is 5.56 Å². The number of anilines is 2. The lowest BCUT2D eigenvalue weighted by molar-refractivity contribution is -0.138. The SMILES string of the molecule is CC1CN(c2cc(F)c(C3=CCN(C(=O)OC(C)(C)C)C3)cc2NC(=O)c2c[nH]c(=O)cc2C(F)(F)F)CC(C)N1C. The van der Waals surface area contributed by atoms with Gasteiger partial charge in [-0.15, -0.1) is 0 Å². The van der Waals surface area contributed by atoms with E-state index >= 15 is 4.39 Å². The lowest BCUT2D eigenvalue weighted by Crippen LogP contribution is -2.55. The van der Waals surface area contributed by atoms with Crippen molar-refractivity contribution in [3.8, 4) is 0 Å². The molecule has 228 valence electrons.